The molecule has 0 aliphatic heterocycles. The van der Waals surface area contributed by atoms with Crippen LogP contribution in [0.4, 0.5) is 5.13 Å². The predicted molar refractivity (Wildman–Crippen MR) is 111 cm³/mol. The number of carbonyl (C=O) groups excluding carboxylic acids is 1. The second-order valence-corrected chi connectivity index (χ2v) is 10.8. The van der Waals surface area contributed by atoms with E-state index in [1.165, 1.54) is 30.3 Å². The molecule has 1 N–H and O–H groups in total. The lowest BCUT2D eigenvalue weighted by Crippen LogP contribution is -2.15. The number of sulfone groups is 1. The van der Waals surface area contributed by atoms with Crippen LogP contribution in [0.5, 0.6) is 5.75 Å². The number of aromatic nitrogens is 2. The maximum atomic E-state index is 12.3. The average Bonchev–Trinajstić information content (AvgIpc) is 3.08. The molecule has 10 nitrogen and oxygen atoms in total. The molecule has 2 rings (SSSR count). The summed E-state index contributed by atoms with van der Waals surface area (Å²) < 4.78 is 55.0. The number of carbonyl (C=O) groups is 1. The molecule has 0 saturated carbocycles. The molecule has 1 aromatic heterocycles. The Morgan fingerprint density at radius 2 is 1.90 bits per heavy atom. The number of nitriles is 1. The molecule has 0 unspecified atom stereocenters. The first-order valence-electron chi connectivity index (χ1n) is 8.39. The molecule has 1 heterocycles. The molecule has 0 bridgehead atoms. The monoisotopic (exact) mass is 470 g/mol. The summed E-state index contributed by atoms with van der Waals surface area (Å²) in [6, 6.07) is 7.42. The van der Waals surface area contributed by atoms with Gasteiger partial charge in [0.25, 0.3) is 11.1 Å². The largest absolute Gasteiger partial charge is 0.383 e. The number of hydrogen-bond acceptors (Lipinski definition) is 10. The van der Waals surface area contributed by atoms with Crippen molar-refractivity contribution < 1.29 is 25.8 Å². The normalized spacial score (nSPS) is 12.4. The Labute approximate surface area is 178 Å². The molecule has 160 valence electrons. The van der Waals surface area contributed by atoms with Gasteiger partial charge < -0.3 is 4.18 Å². The first-order chi connectivity index (χ1) is 13.9. The van der Waals surface area contributed by atoms with Crippen molar-refractivity contribution in [3.05, 3.63) is 35.4 Å². The molecule has 0 saturated heterocycles. The van der Waals surface area contributed by atoms with E-state index in [0.29, 0.717) is 17.1 Å². The topological polar surface area (TPSA) is 156 Å². The predicted octanol–water partition coefficient (Wildman–Crippen LogP) is 1.85. The fourth-order valence-corrected chi connectivity index (χ4v) is 4.99. The highest BCUT2D eigenvalue weighted by atomic mass is 32.2. The highest BCUT2D eigenvalue weighted by molar-refractivity contribution is 7.91. The summed E-state index contributed by atoms with van der Waals surface area (Å²) in [5.74, 6) is -0.946. The highest BCUT2D eigenvalue weighted by Gasteiger charge is 2.23. The van der Waals surface area contributed by atoms with E-state index >= 15 is 0 Å². The lowest BCUT2D eigenvalue weighted by atomic mass is 10.1. The molecule has 1 amide bonds. The third-order valence-corrected chi connectivity index (χ3v) is 6.35. The van der Waals surface area contributed by atoms with Gasteiger partial charge in [0, 0.05) is 11.5 Å². The first-order valence-corrected chi connectivity index (χ1v) is 12.6. The molecular formula is C17H18N4O6S3. The van der Waals surface area contributed by atoms with Crippen LogP contribution in [-0.4, -0.2) is 44.1 Å². The maximum Gasteiger partial charge on any atom is 0.306 e. The van der Waals surface area contributed by atoms with Crippen molar-refractivity contribution in [1.29, 1.82) is 5.26 Å². The van der Waals surface area contributed by atoms with Crippen molar-refractivity contribution >= 4 is 48.6 Å². The number of amides is 1. The van der Waals surface area contributed by atoms with Gasteiger partial charge in [-0.3, -0.25) is 10.1 Å². The molecule has 1 aromatic carbocycles. The molecule has 2 aromatic rings. The van der Waals surface area contributed by atoms with Crippen LogP contribution in [0, 0.1) is 17.2 Å². The number of rotatable bonds is 8. The van der Waals surface area contributed by atoms with Gasteiger partial charge in [0.15, 0.2) is 0 Å². The zero-order chi connectivity index (χ0) is 22.5. The molecule has 0 aliphatic carbocycles. The number of nitrogens with zero attached hydrogens (tertiary/aromatic N) is 3. The van der Waals surface area contributed by atoms with E-state index in [9.17, 15) is 26.9 Å². The maximum absolute atomic E-state index is 12.3. The van der Waals surface area contributed by atoms with Crippen molar-refractivity contribution in [3.63, 3.8) is 0 Å². The van der Waals surface area contributed by atoms with E-state index in [2.05, 4.69) is 14.7 Å². The molecule has 0 spiro atoms. The Bertz CT molecular complexity index is 1210. The zero-order valence-electron chi connectivity index (χ0n) is 16.2. The second kappa shape index (κ2) is 9.33. The van der Waals surface area contributed by atoms with E-state index in [1.807, 2.05) is 0 Å². The SMILES string of the molecule is CC(C)CS(=O)(=O)c1nsc(NC(=O)/C(C#N)=C\c2ccc(OS(C)(=O)=O)cc2)n1. The first kappa shape index (κ1) is 23.5. The van der Waals surface area contributed by atoms with Gasteiger partial charge in [-0.1, -0.05) is 26.0 Å². The summed E-state index contributed by atoms with van der Waals surface area (Å²) in [7, 11) is -7.33. The van der Waals surface area contributed by atoms with Crippen LogP contribution in [0.1, 0.15) is 19.4 Å². The van der Waals surface area contributed by atoms with Crippen molar-refractivity contribution in [2.24, 2.45) is 5.92 Å². The van der Waals surface area contributed by atoms with Crippen LogP contribution in [0.3, 0.4) is 0 Å². The number of nitrogens with one attached hydrogen (secondary N) is 1. The second-order valence-electron chi connectivity index (χ2n) is 6.54. The van der Waals surface area contributed by atoms with Gasteiger partial charge in [-0.15, -0.1) is 0 Å². The van der Waals surface area contributed by atoms with Crippen molar-refractivity contribution in [2.45, 2.75) is 19.0 Å². The summed E-state index contributed by atoms with van der Waals surface area (Å²) in [5.41, 5.74) is 0.175. The van der Waals surface area contributed by atoms with Crippen molar-refractivity contribution in [3.8, 4) is 11.8 Å². The molecule has 0 aliphatic rings. The van der Waals surface area contributed by atoms with Gasteiger partial charge in [0.05, 0.1) is 12.0 Å². The zero-order valence-corrected chi connectivity index (χ0v) is 18.6. The van der Waals surface area contributed by atoms with E-state index in [4.69, 9.17) is 4.18 Å². The van der Waals surface area contributed by atoms with Gasteiger partial charge in [-0.25, -0.2) is 8.42 Å². The Morgan fingerprint density at radius 3 is 2.43 bits per heavy atom. The fourth-order valence-electron chi connectivity index (χ4n) is 2.17. The Kier molecular flexibility index (Phi) is 7.30. The molecule has 30 heavy (non-hydrogen) atoms. The highest BCUT2D eigenvalue weighted by Crippen LogP contribution is 2.19. The van der Waals surface area contributed by atoms with Crippen LogP contribution in [0.25, 0.3) is 6.08 Å². The average molecular weight is 471 g/mol. The fraction of sp³-hybridized carbons (Fsp3) is 0.294. The lowest BCUT2D eigenvalue weighted by Gasteiger charge is -2.03. The minimum absolute atomic E-state index is 0.0552. The molecule has 13 heteroatoms. The van der Waals surface area contributed by atoms with Crippen LogP contribution >= 0.6 is 11.5 Å². The Hall–Kier alpha value is -2.82. The van der Waals surface area contributed by atoms with E-state index in [0.717, 1.165) is 6.26 Å². The van der Waals surface area contributed by atoms with Gasteiger partial charge in [0.1, 0.15) is 17.4 Å². The minimum Gasteiger partial charge on any atom is -0.383 e. The third kappa shape index (κ3) is 6.90. The van der Waals surface area contributed by atoms with E-state index < -0.39 is 25.9 Å². The molecule has 0 atom stereocenters. The summed E-state index contributed by atoms with van der Waals surface area (Å²) in [5, 5.41) is 11.2. The van der Waals surface area contributed by atoms with Crippen molar-refractivity contribution in [2.75, 3.05) is 17.3 Å². The van der Waals surface area contributed by atoms with E-state index in [-0.39, 0.29) is 33.3 Å². The third-order valence-electron chi connectivity index (χ3n) is 3.26. The quantitative estimate of drug-likeness (QED) is 0.345. The number of benzene rings is 1. The van der Waals surface area contributed by atoms with Crippen molar-refractivity contribution in [1.82, 2.24) is 9.36 Å². The Balaban J connectivity index is 2.15. The van der Waals surface area contributed by atoms with E-state index in [1.54, 1.807) is 19.9 Å². The van der Waals surface area contributed by atoms with Gasteiger partial charge >= 0.3 is 10.1 Å². The molecular weight excluding hydrogens is 452 g/mol. The summed E-state index contributed by atoms with van der Waals surface area (Å²) in [6.07, 6.45) is 2.18. The number of anilines is 1. The molecule has 0 fully saturated rings. The van der Waals surface area contributed by atoms with Gasteiger partial charge in [0.2, 0.25) is 15.0 Å². The van der Waals surface area contributed by atoms with Crippen LogP contribution < -0.4 is 9.50 Å². The molecule has 0 radical (unpaired) electrons. The summed E-state index contributed by atoms with van der Waals surface area (Å²) >= 11 is 0.691. The lowest BCUT2D eigenvalue weighted by molar-refractivity contribution is -0.112. The van der Waals surface area contributed by atoms with Crippen LogP contribution in [0.15, 0.2) is 35.0 Å². The van der Waals surface area contributed by atoms with Crippen LogP contribution in [-0.2, 0) is 24.7 Å². The Morgan fingerprint density at radius 1 is 1.27 bits per heavy atom. The summed E-state index contributed by atoms with van der Waals surface area (Å²) in [4.78, 5) is 16.1. The van der Waals surface area contributed by atoms with Crippen LogP contribution in [0.2, 0.25) is 0 Å². The van der Waals surface area contributed by atoms with Gasteiger partial charge in [-0.2, -0.15) is 23.0 Å². The standard InChI is InChI=1S/C17H18N4O6S3/c1-11(2)10-30(25,26)17-20-16(28-21-17)19-15(22)13(9-18)8-12-4-6-14(7-5-12)27-29(3,23)24/h4-8,11H,10H2,1-3H3,(H,19,20,21,22)/b13-8-. The smallest absolute Gasteiger partial charge is 0.306 e. The minimum atomic E-state index is -3.67. The van der Waals surface area contributed by atoms with Gasteiger partial charge in [-0.05, 0) is 29.7 Å². The number of hydrogen-bond donors (Lipinski definition) is 1. The summed E-state index contributed by atoms with van der Waals surface area (Å²) in [6.45, 7) is 3.49.